The summed E-state index contributed by atoms with van der Waals surface area (Å²) < 4.78 is 68.6. The van der Waals surface area contributed by atoms with Gasteiger partial charge in [-0.1, -0.05) is 0 Å². The van der Waals surface area contributed by atoms with E-state index in [0.29, 0.717) is 30.1 Å². The highest BCUT2D eigenvalue weighted by Gasteiger charge is 2.33. The molecule has 4 heterocycles. The number of hydrogen-bond acceptors (Lipinski definition) is 8. The predicted molar refractivity (Wildman–Crippen MR) is 123 cm³/mol. The van der Waals surface area contributed by atoms with E-state index >= 15 is 4.39 Å². The summed E-state index contributed by atoms with van der Waals surface area (Å²) in [6.45, 7) is -1.06. The molecule has 0 N–H and O–H groups in total. The number of nitrogens with zero attached hydrogens (tertiary/aromatic N) is 4. The molecule has 3 aromatic rings. The number of piperidine rings is 1. The minimum absolute atomic E-state index is 0.0132. The minimum atomic E-state index is -2.71. The monoisotopic (exact) mass is 474 g/mol. The molecule has 0 spiro atoms. The molecule has 34 heavy (non-hydrogen) atoms. The number of fused-ring (bicyclic) bond motifs is 2. The third-order valence-electron chi connectivity index (χ3n) is 6.02. The van der Waals surface area contributed by atoms with E-state index < -0.39 is 25.4 Å². The maximum absolute atomic E-state index is 15.3. The van der Waals surface area contributed by atoms with Crippen molar-refractivity contribution in [3.63, 3.8) is 0 Å². The van der Waals surface area contributed by atoms with Crippen molar-refractivity contribution in [1.82, 2.24) is 14.6 Å². The topological polar surface area (TPSA) is 87.4 Å². The predicted octanol–water partition coefficient (Wildman–Crippen LogP) is 2.62. The summed E-state index contributed by atoms with van der Waals surface area (Å²) >= 11 is 0. The lowest BCUT2D eigenvalue weighted by Gasteiger charge is -2.36. The Balaban J connectivity index is 1.34. The maximum Gasteiger partial charge on any atom is 0.274 e. The molecular weight excluding hydrogens is 443 g/mol. The van der Waals surface area contributed by atoms with Crippen molar-refractivity contribution in [2.24, 2.45) is 0 Å². The summed E-state index contributed by atoms with van der Waals surface area (Å²) in [6, 6.07) is 5.62. The van der Waals surface area contributed by atoms with Gasteiger partial charge in [0.2, 0.25) is 0 Å². The number of methoxy groups -OCH3 is 1. The van der Waals surface area contributed by atoms with E-state index in [-0.39, 0.29) is 36.0 Å². The molecule has 0 aliphatic carbocycles. The van der Waals surface area contributed by atoms with Crippen LogP contribution < -0.4 is 24.7 Å². The quantitative estimate of drug-likeness (QED) is 0.558. The summed E-state index contributed by atoms with van der Waals surface area (Å²) in [5, 5.41) is 4.50. The van der Waals surface area contributed by atoms with Crippen LogP contribution in [-0.4, -0.2) is 60.2 Å². The molecule has 0 saturated carbocycles. The van der Waals surface area contributed by atoms with Gasteiger partial charge >= 0.3 is 0 Å². The molecule has 9 nitrogen and oxygen atoms in total. The zero-order chi connectivity index (χ0) is 27.4. The largest absolute Gasteiger partial charge is 0.487 e. The van der Waals surface area contributed by atoms with Gasteiger partial charge in [0.25, 0.3) is 5.56 Å². The van der Waals surface area contributed by atoms with E-state index in [1.165, 1.54) is 35.9 Å². The van der Waals surface area contributed by atoms with Crippen molar-refractivity contribution in [3.05, 3.63) is 51.4 Å². The van der Waals surface area contributed by atoms with Gasteiger partial charge in [-0.3, -0.25) is 4.79 Å². The van der Waals surface area contributed by atoms with Crippen LogP contribution in [0.5, 0.6) is 17.2 Å². The molecule has 2 aliphatic rings. The summed E-state index contributed by atoms with van der Waals surface area (Å²) in [4.78, 5) is 19.0. The molecule has 2 atom stereocenters. The van der Waals surface area contributed by atoms with Gasteiger partial charge in [-0.25, -0.2) is 9.37 Å². The average molecular weight is 475 g/mol. The van der Waals surface area contributed by atoms with Crippen LogP contribution >= 0.6 is 0 Å². The molecule has 180 valence electrons. The van der Waals surface area contributed by atoms with Crippen molar-refractivity contribution in [3.8, 4) is 17.2 Å². The van der Waals surface area contributed by atoms with E-state index in [2.05, 4.69) is 10.1 Å². The summed E-state index contributed by atoms with van der Waals surface area (Å²) in [5.74, 6) is 0.730. The number of ether oxygens (including phenoxy) is 4. The molecule has 0 unspecified atom stereocenters. The first-order chi connectivity index (χ1) is 17.9. The second-order valence-electron chi connectivity index (χ2n) is 8.25. The third kappa shape index (κ3) is 4.13. The lowest BCUT2D eigenvalue weighted by molar-refractivity contribution is 0.0809. The molecule has 10 heteroatoms. The number of benzene rings is 1. The SMILES string of the molecule is [2H]C1([2H])Oc2ccc(O[C@H]3CCN(c4nn5c(=O)cc(COC)nc5c(C)c4C)C[C@@H]3F)cc2OC1([2H])[2H]. The van der Waals surface area contributed by atoms with Crippen molar-refractivity contribution in [2.75, 3.05) is 38.2 Å². The lowest BCUT2D eigenvalue weighted by Crippen LogP contribution is -2.48. The second kappa shape index (κ2) is 9.09. The van der Waals surface area contributed by atoms with Gasteiger partial charge in [-0.2, -0.15) is 4.52 Å². The first-order valence-corrected chi connectivity index (χ1v) is 10.9. The Morgan fingerprint density at radius 3 is 2.76 bits per heavy atom. The number of hydrogen-bond donors (Lipinski definition) is 0. The van der Waals surface area contributed by atoms with Crippen LogP contribution in [-0.2, 0) is 11.3 Å². The Bertz CT molecular complexity index is 1450. The molecule has 0 radical (unpaired) electrons. The smallest absolute Gasteiger partial charge is 0.274 e. The molecule has 2 aromatic heterocycles. The highest BCUT2D eigenvalue weighted by atomic mass is 19.1. The standard InChI is InChI=1S/C24H27FN4O5/c1-14-15(2)24(27-29-22(30)10-16(13-31-3)26-23(14)29)28-7-6-19(18(25)12-28)34-17-4-5-20-21(11-17)33-9-8-32-20/h4-5,10-11,18-19H,6-9,12-13H2,1-3H3/t18-,19-/m0/s1/i8D2,9D2. The minimum Gasteiger partial charge on any atom is -0.487 e. The van der Waals surface area contributed by atoms with Crippen LogP contribution in [0.3, 0.4) is 0 Å². The number of rotatable bonds is 5. The Morgan fingerprint density at radius 1 is 1.21 bits per heavy atom. The number of alkyl halides is 1. The Hall–Kier alpha value is -3.40. The van der Waals surface area contributed by atoms with Crippen molar-refractivity contribution in [2.45, 2.75) is 39.2 Å². The van der Waals surface area contributed by atoms with Crippen molar-refractivity contribution < 1.29 is 28.8 Å². The maximum atomic E-state index is 15.3. The van der Waals surface area contributed by atoms with Gasteiger partial charge in [0.1, 0.15) is 25.0 Å². The fraction of sp³-hybridized carbons (Fsp3) is 0.458. The van der Waals surface area contributed by atoms with E-state index in [9.17, 15) is 4.79 Å². The lowest BCUT2D eigenvalue weighted by atomic mass is 10.0. The van der Waals surface area contributed by atoms with Gasteiger partial charge in [0.05, 0.1) is 24.3 Å². The van der Waals surface area contributed by atoms with Crippen LogP contribution in [0.4, 0.5) is 10.2 Å². The Kier molecular flexibility index (Phi) is 4.81. The summed E-state index contributed by atoms with van der Waals surface area (Å²) in [7, 11) is 1.53. The van der Waals surface area contributed by atoms with Crippen molar-refractivity contribution >= 4 is 11.5 Å². The molecule has 2 aliphatic heterocycles. The molecule has 1 fully saturated rings. The third-order valence-corrected chi connectivity index (χ3v) is 6.02. The van der Waals surface area contributed by atoms with Crippen LogP contribution in [0, 0.1) is 13.8 Å². The van der Waals surface area contributed by atoms with E-state index in [4.69, 9.17) is 24.4 Å². The van der Waals surface area contributed by atoms with Crippen LogP contribution in [0.15, 0.2) is 29.1 Å². The van der Waals surface area contributed by atoms with Gasteiger partial charge in [-0.15, -0.1) is 5.10 Å². The van der Waals surface area contributed by atoms with Gasteiger partial charge in [0, 0.05) is 43.3 Å². The van der Waals surface area contributed by atoms with Crippen LogP contribution in [0.1, 0.15) is 28.7 Å². The normalized spacial score (nSPS) is 24.6. The zero-order valence-electron chi connectivity index (χ0n) is 23.0. The second-order valence-corrected chi connectivity index (χ2v) is 8.25. The van der Waals surface area contributed by atoms with Crippen LogP contribution in [0.2, 0.25) is 0 Å². The first-order valence-electron chi connectivity index (χ1n) is 12.9. The fourth-order valence-corrected chi connectivity index (χ4v) is 4.15. The highest BCUT2D eigenvalue weighted by Crippen LogP contribution is 2.35. The summed E-state index contributed by atoms with van der Waals surface area (Å²) in [6.07, 6.45) is -1.87. The van der Waals surface area contributed by atoms with Crippen molar-refractivity contribution in [1.29, 1.82) is 0 Å². The average Bonchev–Trinajstić information content (AvgIpc) is 2.84. The zero-order valence-corrected chi connectivity index (χ0v) is 19.0. The molecular formula is C24H27FN4O5. The van der Waals surface area contributed by atoms with Gasteiger partial charge in [0.15, 0.2) is 29.1 Å². The van der Waals surface area contributed by atoms with E-state index in [1.54, 1.807) is 4.90 Å². The Labute approximate surface area is 201 Å². The summed E-state index contributed by atoms with van der Waals surface area (Å²) in [5.41, 5.74) is 2.14. The number of halogens is 1. The van der Waals surface area contributed by atoms with E-state index in [1.807, 2.05) is 13.8 Å². The molecule has 0 amide bonds. The molecule has 1 saturated heterocycles. The molecule has 0 bridgehead atoms. The first kappa shape index (κ1) is 18.0. The fourth-order valence-electron chi connectivity index (χ4n) is 4.15. The number of aromatic nitrogens is 3. The van der Waals surface area contributed by atoms with Crippen LogP contribution in [0.25, 0.3) is 5.65 Å². The molecule has 5 rings (SSSR count). The number of anilines is 1. The molecule has 1 aromatic carbocycles. The van der Waals surface area contributed by atoms with Gasteiger partial charge in [-0.05, 0) is 26.0 Å². The number of aryl methyl sites for hydroxylation is 1. The van der Waals surface area contributed by atoms with E-state index in [0.717, 1.165) is 11.1 Å². The van der Waals surface area contributed by atoms with Gasteiger partial charge < -0.3 is 23.8 Å². The Morgan fingerprint density at radius 2 is 2.00 bits per heavy atom. The highest BCUT2D eigenvalue weighted by molar-refractivity contribution is 5.59.